The van der Waals surface area contributed by atoms with Gasteiger partial charge in [-0.2, -0.15) is 0 Å². The molecule has 1 amide bonds. The zero-order valence-corrected chi connectivity index (χ0v) is 14.3. The van der Waals surface area contributed by atoms with Crippen molar-refractivity contribution >= 4 is 5.91 Å². The first-order valence-corrected chi connectivity index (χ1v) is 8.43. The highest BCUT2D eigenvalue weighted by molar-refractivity contribution is 5.79. The zero-order chi connectivity index (χ0) is 16.5. The molecule has 0 bridgehead atoms. The van der Waals surface area contributed by atoms with Gasteiger partial charge in [-0.3, -0.25) is 4.79 Å². The third kappa shape index (κ3) is 5.43. The van der Waals surface area contributed by atoms with E-state index in [1.54, 1.807) is 14.2 Å². The van der Waals surface area contributed by atoms with Crippen LogP contribution in [0.25, 0.3) is 0 Å². The summed E-state index contributed by atoms with van der Waals surface area (Å²) in [5, 5.41) is 2.99. The van der Waals surface area contributed by atoms with Gasteiger partial charge in [0.1, 0.15) is 0 Å². The first-order chi connectivity index (χ1) is 11.2. The van der Waals surface area contributed by atoms with Crippen LogP contribution in [0.3, 0.4) is 0 Å². The van der Waals surface area contributed by atoms with E-state index in [4.69, 9.17) is 9.47 Å². The number of para-hydroxylation sites is 1. The van der Waals surface area contributed by atoms with Crippen LogP contribution in [0, 0.1) is 0 Å². The second-order valence-electron chi connectivity index (χ2n) is 5.94. The van der Waals surface area contributed by atoms with E-state index in [1.807, 2.05) is 18.2 Å². The largest absolute Gasteiger partial charge is 0.493 e. The molecule has 0 spiro atoms. The molecule has 128 valence electrons. The van der Waals surface area contributed by atoms with Gasteiger partial charge in [0.25, 0.3) is 0 Å². The fourth-order valence-corrected chi connectivity index (χ4v) is 3.02. The van der Waals surface area contributed by atoms with Gasteiger partial charge in [-0.05, 0) is 51.4 Å². The van der Waals surface area contributed by atoms with Crippen LogP contribution in [-0.2, 0) is 11.2 Å². The molecule has 1 aliphatic rings. The molecule has 2 rings (SSSR count). The van der Waals surface area contributed by atoms with E-state index >= 15 is 0 Å². The van der Waals surface area contributed by atoms with Crippen molar-refractivity contribution < 1.29 is 14.3 Å². The van der Waals surface area contributed by atoms with Gasteiger partial charge >= 0.3 is 0 Å². The number of ether oxygens (including phenoxy) is 2. The molecular weight excluding hydrogens is 292 g/mol. The number of hydrogen-bond acceptors (Lipinski definition) is 4. The van der Waals surface area contributed by atoms with Crippen molar-refractivity contribution in [3.05, 3.63) is 23.8 Å². The summed E-state index contributed by atoms with van der Waals surface area (Å²) < 4.78 is 10.6. The van der Waals surface area contributed by atoms with E-state index < -0.39 is 0 Å². The summed E-state index contributed by atoms with van der Waals surface area (Å²) in [6.07, 6.45) is 5.14. The molecular formula is C18H28N2O3. The Morgan fingerprint density at radius 2 is 1.96 bits per heavy atom. The van der Waals surface area contributed by atoms with Crippen molar-refractivity contribution in [2.45, 2.75) is 32.1 Å². The topological polar surface area (TPSA) is 50.8 Å². The summed E-state index contributed by atoms with van der Waals surface area (Å²) in [5.41, 5.74) is 0.849. The van der Waals surface area contributed by atoms with Gasteiger partial charge in [-0.1, -0.05) is 12.1 Å². The van der Waals surface area contributed by atoms with Gasteiger partial charge in [0.2, 0.25) is 5.91 Å². The predicted molar refractivity (Wildman–Crippen MR) is 91.2 cm³/mol. The standard InChI is InChI=1S/C18H28N2O3/c1-22-16-9-7-8-15(18(16)23-2)14-17(21)19-10-3-4-11-20-12-5-6-13-20/h7-9H,3-6,10-14H2,1-2H3,(H,19,21). The Morgan fingerprint density at radius 1 is 1.17 bits per heavy atom. The summed E-state index contributed by atoms with van der Waals surface area (Å²) in [5.74, 6) is 1.32. The van der Waals surface area contributed by atoms with E-state index in [0.29, 0.717) is 17.9 Å². The van der Waals surface area contributed by atoms with Crippen LogP contribution in [0.4, 0.5) is 0 Å². The molecule has 1 saturated heterocycles. The number of carbonyl (C=O) groups excluding carboxylic acids is 1. The van der Waals surface area contributed by atoms with E-state index in [0.717, 1.165) is 31.5 Å². The maximum atomic E-state index is 12.1. The number of amides is 1. The molecule has 5 nitrogen and oxygen atoms in total. The maximum absolute atomic E-state index is 12.1. The first-order valence-electron chi connectivity index (χ1n) is 8.43. The number of methoxy groups -OCH3 is 2. The molecule has 0 unspecified atom stereocenters. The Bertz CT molecular complexity index is 499. The van der Waals surface area contributed by atoms with Crippen LogP contribution in [-0.4, -0.2) is 51.2 Å². The van der Waals surface area contributed by atoms with Gasteiger partial charge in [-0.25, -0.2) is 0 Å². The van der Waals surface area contributed by atoms with Gasteiger partial charge < -0.3 is 19.7 Å². The molecule has 0 radical (unpaired) electrons. The van der Waals surface area contributed by atoms with E-state index in [9.17, 15) is 4.79 Å². The highest BCUT2D eigenvalue weighted by Gasteiger charge is 2.13. The SMILES string of the molecule is COc1cccc(CC(=O)NCCCCN2CCCC2)c1OC. The summed E-state index contributed by atoms with van der Waals surface area (Å²) in [4.78, 5) is 14.6. The minimum Gasteiger partial charge on any atom is -0.493 e. The Kier molecular flexibility index (Phi) is 7.20. The molecule has 23 heavy (non-hydrogen) atoms. The number of nitrogens with zero attached hydrogens (tertiary/aromatic N) is 1. The van der Waals surface area contributed by atoms with Crippen molar-refractivity contribution in [2.75, 3.05) is 40.4 Å². The molecule has 1 aromatic carbocycles. The second kappa shape index (κ2) is 9.40. The predicted octanol–water partition coefficient (Wildman–Crippen LogP) is 2.24. The van der Waals surface area contributed by atoms with Crippen LogP contribution < -0.4 is 14.8 Å². The average molecular weight is 320 g/mol. The first kappa shape index (κ1) is 17.6. The monoisotopic (exact) mass is 320 g/mol. The van der Waals surface area contributed by atoms with Crippen molar-refractivity contribution in [2.24, 2.45) is 0 Å². The lowest BCUT2D eigenvalue weighted by molar-refractivity contribution is -0.120. The van der Waals surface area contributed by atoms with Gasteiger partial charge in [0.05, 0.1) is 20.6 Å². The number of nitrogens with one attached hydrogen (secondary N) is 1. The van der Waals surface area contributed by atoms with Gasteiger partial charge in [0.15, 0.2) is 11.5 Å². The number of rotatable bonds is 9. The Hall–Kier alpha value is -1.75. The lowest BCUT2D eigenvalue weighted by atomic mass is 10.1. The number of unbranched alkanes of at least 4 members (excludes halogenated alkanes) is 1. The number of benzene rings is 1. The van der Waals surface area contributed by atoms with Crippen LogP contribution >= 0.6 is 0 Å². The van der Waals surface area contributed by atoms with Gasteiger partial charge in [0, 0.05) is 12.1 Å². The van der Waals surface area contributed by atoms with Crippen LogP contribution in [0.15, 0.2) is 18.2 Å². The van der Waals surface area contributed by atoms with Crippen molar-refractivity contribution in [1.82, 2.24) is 10.2 Å². The fraction of sp³-hybridized carbons (Fsp3) is 0.611. The summed E-state index contributed by atoms with van der Waals surface area (Å²) in [6.45, 7) is 4.36. The van der Waals surface area contributed by atoms with Crippen LogP contribution in [0.2, 0.25) is 0 Å². The molecule has 1 aromatic rings. The Labute approximate surface area is 139 Å². The Morgan fingerprint density at radius 3 is 2.65 bits per heavy atom. The maximum Gasteiger partial charge on any atom is 0.224 e. The molecule has 0 atom stereocenters. The normalized spacial score (nSPS) is 14.7. The summed E-state index contributed by atoms with van der Waals surface area (Å²) >= 11 is 0. The van der Waals surface area contributed by atoms with E-state index in [2.05, 4.69) is 10.2 Å². The minimum absolute atomic E-state index is 0.0257. The highest BCUT2D eigenvalue weighted by Crippen LogP contribution is 2.30. The summed E-state index contributed by atoms with van der Waals surface area (Å²) in [7, 11) is 3.19. The van der Waals surface area contributed by atoms with Crippen molar-refractivity contribution in [3.8, 4) is 11.5 Å². The average Bonchev–Trinajstić information content (AvgIpc) is 3.07. The van der Waals surface area contributed by atoms with E-state index in [-0.39, 0.29) is 5.91 Å². The zero-order valence-electron chi connectivity index (χ0n) is 14.3. The second-order valence-corrected chi connectivity index (χ2v) is 5.94. The van der Waals surface area contributed by atoms with Crippen LogP contribution in [0.1, 0.15) is 31.2 Å². The number of likely N-dealkylation sites (tertiary alicyclic amines) is 1. The fourth-order valence-electron chi connectivity index (χ4n) is 3.02. The number of carbonyl (C=O) groups is 1. The molecule has 5 heteroatoms. The van der Waals surface area contributed by atoms with Crippen LogP contribution in [0.5, 0.6) is 11.5 Å². The molecule has 0 saturated carbocycles. The summed E-state index contributed by atoms with van der Waals surface area (Å²) in [6, 6.07) is 5.60. The molecule has 1 N–H and O–H groups in total. The third-order valence-corrected chi connectivity index (χ3v) is 4.26. The Balaban J connectivity index is 1.70. The molecule has 0 aromatic heterocycles. The van der Waals surface area contributed by atoms with Crippen molar-refractivity contribution in [3.63, 3.8) is 0 Å². The van der Waals surface area contributed by atoms with E-state index in [1.165, 1.54) is 25.9 Å². The third-order valence-electron chi connectivity index (χ3n) is 4.26. The van der Waals surface area contributed by atoms with Crippen molar-refractivity contribution in [1.29, 1.82) is 0 Å². The lowest BCUT2D eigenvalue weighted by Crippen LogP contribution is -2.27. The lowest BCUT2D eigenvalue weighted by Gasteiger charge is -2.14. The molecule has 1 aliphatic heterocycles. The highest BCUT2D eigenvalue weighted by atomic mass is 16.5. The smallest absolute Gasteiger partial charge is 0.224 e. The molecule has 1 fully saturated rings. The molecule has 0 aliphatic carbocycles. The minimum atomic E-state index is 0.0257. The number of hydrogen-bond donors (Lipinski definition) is 1. The molecule has 1 heterocycles. The quantitative estimate of drug-likeness (QED) is 0.709. The van der Waals surface area contributed by atoms with Gasteiger partial charge in [-0.15, -0.1) is 0 Å².